The highest BCUT2D eigenvalue weighted by Gasteiger charge is 2.51. The van der Waals surface area contributed by atoms with Crippen molar-refractivity contribution in [3.8, 4) is 0 Å². The number of hydrogen-bond donors (Lipinski definition) is 0. The topological polar surface area (TPSA) is 35.5 Å². The van der Waals surface area contributed by atoms with Gasteiger partial charge in [0.25, 0.3) is 0 Å². The Kier molecular flexibility index (Phi) is 2.89. The summed E-state index contributed by atoms with van der Waals surface area (Å²) in [7, 11) is 0. The molecule has 0 spiro atoms. The zero-order valence-electron chi connectivity index (χ0n) is 10.6. The molecule has 0 atom stereocenters. The van der Waals surface area contributed by atoms with Crippen LogP contribution in [0, 0.1) is 17.8 Å². The van der Waals surface area contributed by atoms with E-state index in [9.17, 15) is 4.79 Å². The lowest BCUT2D eigenvalue weighted by atomic mass is 9.54. The molecule has 0 unspecified atom stereocenters. The molecule has 96 valence electrons. The summed E-state index contributed by atoms with van der Waals surface area (Å²) in [6, 6.07) is 0. The van der Waals surface area contributed by atoms with Crippen molar-refractivity contribution in [2.45, 2.75) is 57.5 Å². The number of esters is 1. The summed E-state index contributed by atoms with van der Waals surface area (Å²) in [6.45, 7) is 1.98. The van der Waals surface area contributed by atoms with Crippen molar-refractivity contribution < 1.29 is 14.3 Å². The lowest BCUT2D eigenvalue weighted by Gasteiger charge is -2.56. The minimum Gasteiger partial charge on any atom is -0.438 e. The van der Waals surface area contributed by atoms with Crippen molar-refractivity contribution in [1.82, 2.24) is 0 Å². The average Bonchev–Trinajstić information content (AvgIpc) is 2.26. The molecule has 0 amide bonds. The number of carbonyl (C=O) groups is 1. The first-order valence-corrected chi connectivity index (χ1v) is 6.99. The molecule has 0 aromatic heterocycles. The van der Waals surface area contributed by atoms with Gasteiger partial charge < -0.3 is 9.47 Å². The van der Waals surface area contributed by atoms with E-state index >= 15 is 0 Å². The summed E-state index contributed by atoms with van der Waals surface area (Å²) in [6.07, 6.45) is 8.27. The van der Waals surface area contributed by atoms with Crippen LogP contribution in [0.4, 0.5) is 0 Å². The molecule has 4 aliphatic carbocycles. The van der Waals surface area contributed by atoms with E-state index in [1.165, 1.54) is 38.5 Å². The lowest BCUT2D eigenvalue weighted by Crippen LogP contribution is -2.52. The zero-order valence-corrected chi connectivity index (χ0v) is 10.6. The number of rotatable bonds is 4. The predicted molar refractivity (Wildman–Crippen MR) is 63.2 cm³/mol. The minimum atomic E-state index is -0.158. The summed E-state index contributed by atoms with van der Waals surface area (Å²) in [5.74, 6) is 2.48. The molecule has 0 aromatic carbocycles. The van der Waals surface area contributed by atoms with E-state index in [0.717, 1.165) is 17.8 Å². The van der Waals surface area contributed by atoms with E-state index in [0.29, 0.717) is 6.42 Å². The normalized spacial score (nSPS) is 42.8. The Morgan fingerprint density at radius 1 is 1.12 bits per heavy atom. The molecule has 4 aliphatic rings. The van der Waals surface area contributed by atoms with E-state index in [-0.39, 0.29) is 18.4 Å². The van der Waals surface area contributed by atoms with Gasteiger partial charge in [0.05, 0.1) is 5.60 Å². The molecule has 0 saturated heterocycles. The molecule has 0 aliphatic heterocycles. The highest BCUT2D eigenvalue weighted by Crippen LogP contribution is 2.57. The maximum Gasteiger partial charge on any atom is 0.307 e. The number of carbonyl (C=O) groups excluding carboxylic acids is 1. The second-order valence-electron chi connectivity index (χ2n) is 6.23. The first-order valence-electron chi connectivity index (χ1n) is 6.99. The van der Waals surface area contributed by atoms with Gasteiger partial charge in [-0.2, -0.15) is 0 Å². The molecule has 0 aromatic rings. The van der Waals surface area contributed by atoms with Gasteiger partial charge in [0, 0.05) is 6.42 Å². The first kappa shape index (κ1) is 11.5. The summed E-state index contributed by atoms with van der Waals surface area (Å²) >= 11 is 0. The Morgan fingerprint density at radius 3 is 2.12 bits per heavy atom. The van der Waals surface area contributed by atoms with Crippen LogP contribution < -0.4 is 0 Å². The second-order valence-corrected chi connectivity index (χ2v) is 6.23. The molecule has 0 heterocycles. The third kappa shape index (κ3) is 2.22. The van der Waals surface area contributed by atoms with E-state index in [1.54, 1.807) is 0 Å². The standard InChI is InChI=1S/C14H22O3/c1-2-13(15)16-9-17-14-6-10-3-11(7-14)5-12(4-10)8-14/h10-12H,2-9H2,1H3. The molecular formula is C14H22O3. The molecule has 0 N–H and O–H groups in total. The van der Waals surface area contributed by atoms with Gasteiger partial charge in [-0.25, -0.2) is 0 Å². The van der Waals surface area contributed by atoms with Crippen LogP contribution in [-0.4, -0.2) is 18.4 Å². The molecule has 3 nitrogen and oxygen atoms in total. The van der Waals surface area contributed by atoms with Crippen LogP contribution in [0.5, 0.6) is 0 Å². The number of hydrogen-bond acceptors (Lipinski definition) is 3. The third-order valence-electron chi connectivity index (χ3n) is 4.86. The molecule has 4 fully saturated rings. The summed E-state index contributed by atoms with van der Waals surface area (Å²) in [5, 5.41) is 0. The smallest absolute Gasteiger partial charge is 0.307 e. The maximum atomic E-state index is 11.1. The minimum absolute atomic E-state index is 0.0583. The van der Waals surface area contributed by atoms with Crippen molar-refractivity contribution in [3.63, 3.8) is 0 Å². The second kappa shape index (κ2) is 4.27. The van der Waals surface area contributed by atoms with Crippen LogP contribution in [0.3, 0.4) is 0 Å². The van der Waals surface area contributed by atoms with Crippen molar-refractivity contribution in [2.75, 3.05) is 6.79 Å². The highest BCUT2D eigenvalue weighted by atomic mass is 16.7. The van der Waals surface area contributed by atoms with Gasteiger partial charge in [0.15, 0.2) is 6.79 Å². The lowest BCUT2D eigenvalue weighted by molar-refractivity contribution is -0.210. The quantitative estimate of drug-likeness (QED) is 0.558. The Labute approximate surface area is 103 Å². The fraction of sp³-hybridized carbons (Fsp3) is 0.929. The largest absolute Gasteiger partial charge is 0.438 e. The van der Waals surface area contributed by atoms with Crippen LogP contribution in [0.25, 0.3) is 0 Å². The van der Waals surface area contributed by atoms with Crippen LogP contribution in [0.1, 0.15) is 51.9 Å². The van der Waals surface area contributed by atoms with Crippen LogP contribution in [-0.2, 0) is 14.3 Å². The van der Waals surface area contributed by atoms with Crippen molar-refractivity contribution in [3.05, 3.63) is 0 Å². The van der Waals surface area contributed by atoms with Gasteiger partial charge in [-0.1, -0.05) is 6.92 Å². The van der Waals surface area contributed by atoms with Gasteiger partial charge in [0.1, 0.15) is 0 Å². The summed E-state index contributed by atoms with van der Waals surface area (Å²) in [5.41, 5.74) is 0.0583. The third-order valence-corrected chi connectivity index (χ3v) is 4.86. The zero-order chi connectivity index (χ0) is 11.9. The Balaban J connectivity index is 1.57. The molecule has 4 rings (SSSR count). The molecule has 4 saturated carbocycles. The fourth-order valence-electron chi connectivity index (χ4n) is 4.53. The van der Waals surface area contributed by atoms with E-state index in [1.807, 2.05) is 6.92 Å². The van der Waals surface area contributed by atoms with Crippen molar-refractivity contribution >= 4 is 5.97 Å². The monoisotopic (exact) mass is 238 g/mol. The highest BCUT2D eigenvalue weighted by molar-refractivity contribution is 5.68. The van der Waals surface area contributed by atoms with Gasteiger partial charge in [-0.15, -0.1) is 0 Å². The average molecular weight is 238 g/mol. The van der Waals surface area contributed by atoms with Gasteiger partial charge >= 0.3 is 5.97 Å². The molecule has 4 bridgehead atoms. The van der Waals surface area contributed by atoms with Gasteiger partial charge in [-0.05, 0) is 56.3 Å². The first-order chi connectivity index (χ1) is 8.19. The predicted octanol–water partition coefficient (Wildman–Crippen LogP) is 2.88. The number of ether oxygens (including phenoxy) is 2. The summed E-state index contributed by atoms with van der Waals surface area (Å²) in [4.78, 5) is 11.1. The van der Waals surface area contributed by atoms with Crippen LogP contribution >= 0.6 is 0 Å². The van der Waals surface area contributed by atoms with Gasteiger partial charge in [0.2, 0.25) is 0 Å². The van der Waals surface area contributed by atoms with E-state index in [2.05, 4.69) is 0 Å². The van der Waals surface area contributed by atoms with E-state index in [4.69, 9.17) is 9.47 Å². The van der Waals surface area contributed by atoms with Crippen molar-refractivity contribution in [2.24, 2.45) is 17.8 Å². The van der Waals surface area contributed by atoms with Crippen LogP contribution in [0.15, 0.2) is 0 Å². The Bertz CT molecular complexity index is 275. The molecule has 0 radical (unpaired) electrons. The SMILES string of the molecule is CCC(=O)OCOC12CC3CC(CC(C3)C1)C2. The molecule has 17 heavy (non-hydrogen) atoms. The molecular weight excluding hydrogens is 216 g/mol. The summed E-state index contributed by atoms with van der Waals surface area (Å²) < 4.78 is 11.0. The molecule has 3 heteroatoms. The Morgan fingerprint density at radius 2 is 1.65 bits per heavy atom. The maximum absolute atomic E-state index is 11.1. The van der Waals surface area contributed by atoms with Gasteiger partial charge in [-0.3, -0.25) is 4.79 Å². The van der Waals surface area contributed by atoms with Crippen LogP contribution in [0.2, 0.25) is 0 Å². The van der Waals surface area contributed by atoms with Crippen molar-refractivity contribution in [1.29, 1.82) is 0 Å². The van der Waals surface area contributed by atoms with E-state index < -0.39 is 0 Å². The Hall–Kier alpha value is -0.570. The fourth-order valence-corrected chi connectivity index (χ4v) is 4.53.